The van der Waals surface area contributed by atoms with Gasteiger partial charge in [0.2, 0.25) is 5.69 Å². The third-order valence-corrected chi connectivity index (χ3v) is 4.94. The van der Waals surface area contributed by atoms with Crippen LogP contribution in [-0.2, 0) is 4.74 Å². The fourth-order valence-electron chi connectivity index (χ4n) is 3.08. The molecule has 2 aromatic rings. The van der Waals surface area contributed by atoms with Gasteiger partial charge in [-0.05, 0) is 55.6 Å². The minimum atomic E-state index is -0.513. The van der Waals surface area contributed by atoms with Crippen molar-refractivity contribution in [3.05, 3.63) is 40.7 Å². The van der Waals surface area contributed by atoms with Crippen LogP contribution < -0.4 is 5.32 Å². The van der Waals surface area contributed by atoms with E-state index >= 15 is 0 Å². The van der Waals surface area contributed by atoms with Crippen molar-refractivity contribution in [2.24, 2.45) is 0 Å². The summed E-state index contributed by atoms with van der Waals surface area (Å²) >= 11 is 3.45. The average Bonchev–Trinajstić information content (AvgIpc) is 3.14. The predicted molar refractivity (Wildman–Crippen MR) is 114 cm³/mol. The van der Waals surface area contributed by atoms with Gasteiger partial charge in [0, 0.05) is 31.0 Å². The Balaban J connectivity index is 1.66. The second-order valence-electron chi connectivity index (χ2n) is 7.79. The van der Waals surface area contributed by atoms with E-state index < -0.39 is 5.60 Å². The summed E-state index contributed by atoms with van der Waals surface area (Å²) in [6, 6.07) is 1.76. The zero-order valence-corrected chi connectivity index (χ0v) is 18.2. The molecule has 8 nitrogen and oxygen atoms in total. The molecule has 0 saturated carbocycles. The maximum atomic E-state index is 12.4. The largest absolute Gasteiger partial charge is 0.444 e. The van der Waals surface area contributed by atoms with Crippen LogP contribution in [0.5, 0.6) is 0 Å². The summed E-state index contributed by atoms with van der Waals surface area (Å²) in [6.07, 6.45) is 6.36. The highest BCUT2D eigenvalue weighted by molar-refractivity contribution is 9.10. The standard InChI is InChI=1S/C20H23BrN6O2/c1-20(2,3)29-19(28)27-7-5-6-15(27)11-24-18-17(21)26-16(12-25-18)13-8-14(22-4)10-23-9-13/h8-10,12,15H,5-7,11H2,1-3H3,(H,24,25)/t15-/m0/s1. The van der Waals surface area contributed by atoms with E-state index in [-0.39, 0.29) is 12.1 Å². The second-order valence-corrected chi connectivity index (χ2v) is 8.54. The first-order valence-electron chi connectivity index (χ1n) is 9.36. The molecule has 9 heteroatoms. The van der Waals surface area contributed by atoms with Crippen LogP contribution in [0.25, 0.3) is 16.1 Å². The Morgan fingerprint density at radius 1 is 1.41 bits per heavy atom. The highest BCUT2D eigenvalue weighted by atomic mass is 79.9. The third-order valence-electron chi connectivity index (χ3n) is 4.39. The first-order valence-corrected chi connectivity index (χ1v) is 10.1. The number of carbonyl (C=O) groups excluding carboxylic acids is 1. The van der Waals surface area contributed by atoms with E-state index in [1.807, 2.05) is 20.8 Å². The van der Waals surface area contributed by atoms with E-state index in [2.05, 4.69) is 41.0 Å². The van der Waals surface area contributed by atoms with Gasteiger partial charge in [-0.15, -0.1) is 0 Å². The molecule has 1 N–H and O–H groups in total. The lowest BCUT2D eigenvalue weighted by molar-refractivity contribution is 0.0235. The molecule has 1 fully saturated rings. The number of pyridine rings is 1. The fraction of sp³-hybridized carbons (Fsp3) is 0.450. The van der Waals surface area contributed by atoms with Crippen LogP contribution >= 0.6 is 15.9 Å². The zero-order valence-electron chi connectivity index (χ0n) is 16.6. The van der Waals surface area contributed by atoms with Gasteiger partial charge in [-0.2, -0.15) is 0 Å². The van der Waals surface area contributed by atoms with E-state index in [4.69, 9.17) is 11.3 Å². The van der Waals surface area contributed by atoms with Gasteiger partial charge in [-0.25, -0.2) is 19.6 Å². The topological polar surface area (TPSA) is 84.6 Å². The number of nitrogens with zero attached hydrogens (tertiary/aromatic N) is 5. The highest BCUT2D eigenvalue weighted by Gasteiger charge is 2.32. The van der Waals surface area contributed by atoms with Crippen LogP contribution in [0.4, 0.5) is 16.3 Å². The molecule has 1 atom stereocenters. The van der Waals surface area contributed by atoms with Crippen LogP contribution in [-0.4, -0.2) is 50.7 Å². The number of carbonyl (C=O) groups is 1. The van der Waals surface area contributed by atoms with Gasteiger partial charge in [0.1, 0.15) is 10.2 Å². The summed E-state index contributed by atoms with van der Waals surface area (Å²) in [5.74, 6) is 0.596. The van der Waals surface area contributed by atoms with Crippen LogP contribution in [0.1, 0.15) is 33.6 Å². The number of aromatic nitrogens is 3. The van der Waals surface area contributed by atoms with Crippen molar-refractivity contribution in [3.63, 3.8) is 0 Å². The summed E-state index contributed by atoms with van der Waals surface area (Å²) in [5.41, 5.74) is 1.29. The molecule has 0 bridgehead atoms. The molecule has 152 valence electrons. The summed E-state index contributed by atoms with van der Waals surface area (Å²) in [6.45, 7) is 14.0. The van der Waals surface area contributed by atoms with Gasteiger partial charge in [0.25, 0.3) is 0 Å². The molecule has 1 aliphatic rings. The Morgan fingerprint density at radius 3 is 2.90 bits per heavy atom. The first-order chi connectivity index (χ1) is 13.8. The lowest BCUT2D eigenvalue weighted by atomic mass is 10.2. The van der Waals surface area contributed by atoms with Crippen molar-refractivity contribution < 1.29 is 9.53 Å². The molecule has 1 amide bonds. The van der Waals surface area contributed by atoms with Crippen molar-refractivity contribution in [2.75, 3.05) is 18.4 Å². The Kier molecular flexibility index (Phi) is 6.33. The Bertz CT molecular complexity index is 937. The van der Waals surface area contributed by atoms with Gasteiger partial charge in [0.05, 0.1) is 24.5 Å². The lowest BCUT2D eigenvalue weighted by Gasteiger charge is -2.28. The summed E-state index contributed by atoms with van der Waals surface area (Å²) in [5, 5.41) is 3.27. The number of rotatable bonds is 4. The molecule has 0 radical (unpaired) electrons. The SMILES string of the molecule is [C-]#[N+]c1cncc(-c2cnc(NC[C@@H]3CCCN3C(=O)OC(C)(C)C)c(Br)n2)c1. The summed E-state index contributed by atoms with van der Waals surface area (Å²) in [7, 11) is 0. The molecular formula is C20H23BrN6O2. The smallest absolute Gasteiger partial charge is 0.410 e. The average molecular weight is 459 g/mol. The summed E-state index contributed by atoms with van der Waals surface area (Å²) in [4.78, 5) is 30.6. The number of amides is 1. The predicted octanol–water partition coefficient (Wildman–Crippen LogP) is 4.66. The number of likely N-dealkylation sites (tertiary alicyclic amines) is 1. The minimum absolute atomic E-state index is 0.0396. The van der Waals surface area contributed by atoms with Gasteiger partial charge < -0.3 is 15.0 Å². The third kappa shape index (κ3) is 5.41. The van der Waals surface area contributed by atoms with Crippen LogP contribution in [0.15, 0.2) is 29.3 Å². The number of anilines is 1. The van der Waals surface area contributed by atoms with E-state index in [0.717, 1.165) is 18.4 Å². The van der Waals surface area contributed by atoms with E-state index in [1.165, 1.54) is 6.20 Å². The molecule has 3 rings (SSSR count). The zero-order chi connectivity index (χ0) is 21.0. The van der Waals surface area contributed by atoms with Crippen molar-refractivity contribution in [3.8, 4) is 11.3 Å². The molecule has 0 aliphatic carbocycles. The quantitative estimate of drug-likeness (QED) is 0.670. The maximum Gasteiger partial charge on any atom is 0.410 e. The van der Waals surface area contributed by atoms with Crippen molar-refractivity contribution >= 4 is 33.5 Å². The van der Waals surface area contributed by atoms with Crippen LogP contribution in [0.2, 0.25) is 0 Å². The Labute approximate surface area is 178 Å². The number of hydrogen-bond donors (Lipinski definition) is 1. The molecule has 0 aromatic carbocycles. The maximum absolute atomic E-state index is 12.4. The monoisotopic (exact) mass is 458 g/mol. The normalized spacial score (nSPS) is 16.4. The molecule has 29 heavy (non-hydrogen) atoms. The second kappa shape index (κ2) is 8.74. The van der Waals surface area contributed by atoms with Gasteiger partial charge in [0.15, 0.2) is 5.82 Å². The number of hydrogen-bond acceptors (Lipinski definition) is 6. The molecule has 2 aromatic heterocycles. The van der Waals surface area contributed by atoms with Crippen LogP contribution in [0.3, 0.4) is 0 Å². The summed E-state index contributed by atoms with van der Waals surface area (Å²) < 4.78 is 6.07. The molecule has 0 unspecified atom stereocenters. The van der Waals surface area contributed by atoms with Crippen molar-refractivity contribution in [2.45, 2.75) is 45.3 Å². The molecular weight excluding hydrogens is 436 g/mol. The van der Waals surface area contributed by atoms with Crippen LogP contribution in [0, 0.1) is 6.57 Å². The Morgan fingerprint density at radius 2 is 2.21 bits per heavy atom. The van der Waals surface area contributed by atoms with Gasteiger partial charge in [-0.3, -0.25) is 4.98 Å². The molecule has 0 spiro atoms. The molecule has 3 heterocycles. The minimum Gasteiger partial charge on any atom is -0.444 e. The van der Waals surface area contributed by atoms with Gasteiger partial charge >= 0.3 is 6.09 Å². The van der Waals surface area contributed by atoms with E-state index in [0.29, 0.717) is 34.9 Å². The molecule has 1 saturated heterocycles. The fourth-order valence-corrected chi connectivity index (χ4v) is 3.51. The highest BCUT2D eigenvalue weighted by Crippen LogP contribution is 2.26. The number of halogens is 1. The number of ether oxygens (including phenoxy) is 1. The lowest BCUT2D eigenvalue weighted by Crippen LogP contribution is -2.42. The Hall–Kier alpha value is -2.73. The van der Waals surface area contributed by atoms with E-state index in [1.54, 1.807) is 23.4 Å². The van der Waals surface area contributed by atoms with Crippen molar-refractivity contribution in [1.29, 1.82) is 0 Å². The van der Waals surface area contributed by atoms with E-state index in [9.17, 15) is 4.79 Å². The first kappa shape index (κ1) is 21.0. The van der Waals surface area contributed by atoms with Crippen molar-refractivity contribution in [1.82, 2.24) is 19.9 Å². The number of nitrogens with one attached hydrogen (secondary N) is 1. The molecule has 1 aliphatic heterocycles. The van der Waals surface area contributed by atoms with Gasteiger partial charge in [-0.1, -0.05) is 0 Å².